The fourth-order valence-corrected chi connectivity index (χ4v) is 5.83. The van der Waals surface area contributed by atoms with Gasteiger partial charge in [0.1, 0.15) is 5.65 Å². The van der Waals surface area contributed by atoms with Gasteiger partial charge in [0.2, 0.25) is 5.82 Å². The summed E-state index contributed by atoms with van der Waals surface area (Å²) in [6, 6.07) is 5.88. The Bertz CT molecular complexity index is 697. The van der Waals surface area contributed by atoms with Crippen LogP contribution in [0.2, 0.25) is 0 Å². The van der Waals surface area contributed by atoms with Gasteiger partial charge in [0.15, 0.2) is 0 Å². The van der Waals surface area contributed by atoms with E-state index in [4.69, 9.17) is 4.98 Å². The van der Waals surface area contributed by atoms with Gasteiger partial charge in [0, 0.05) is 11.6 Å². The second kappa shape index (κ2) is 3.93. The zero-order valence-electron chi connectivity index (χ0n) is 12.0. The van der Waals surface area contributed by atoms with E-state index >= 15 is 0 Å². The predicted octanol–water partition coefficient (Wildman–Crippen LogP) is 4.20. The van der Waals surface area contributed by atoms with Gasteiger partial charge in [-0.1, -0.05) is 6.07 Å². The zero-order valence-corrected chi connectivity index (χ0v) is 12.0. The van der Waals surface area contributed by atoms with Crippen molar-refractivity contribution in [3.05, 3.63) is 35.0 Å². The quantitative estimate of drug-likeness (QED) is 0.774. The summed E-state index contributed by atoms with van der Waals surface area (Å²) in [5.41, 5.74) is 1.98. The van der Waals surface area contributed by atoms with Crippen molar-refractivity contribution < 1.29 is 0 Å². The summed E-state index contributed by atoms with van der Waals surface area (Å²) in [7, 11) is 0. The second-order valence-electron chi connectivity index (χ2n) is 7.50. The van der Waals surface area contributed by atoms with Crippen LogP contribution in [0.4, 0.5) is 5.82 Å². The number of rotatable bonds is 2. The molecule has 4 aliphatic carbocycles. The normalized spacial score (nSPS) is 37.2. The third kappa shape index (κ3) is 1.53. The molecular formula is C17H19N3O. The maximum absolute atomic E-state index is 11.5. The molecule has 0 saturated heterocycles. The first-order valence-electron chi connectivity index (χ1n) is 8.08. The first kappa shape index (κ1) is 11.9. The number of hydrogen-bond acceptors (Lipinski definition) is 3. The van der Waals surface area contributed by atoms with E-state index in [0.717, 1.165) is 29.1 Å². The number of pyridine rings is 1. The molecule has 0 aromatic carbocycles. The maximum atomic E-state index is 11.5. The van der Waals surface area contributed by atoms with Crippen LogP contribution in [0.15, 0.2) is 29.6 Å². The van der Waals surface area contributed by atoms with Crippen molar-refractivity contribution in [3.63, 3.8) is 0 Å². The molecule has 4 bridgehead atoms. The smallest absolute Gasteiger partial charge is 0.205 e. The third-order valence-corrected chi connectivity index (χ3v) is 6.13. The molecule has 0 spiro atoms. The highest BCUT2D eigenvalue weighted by Gasteiger charge is 2.53. The second-order valence-corrected chi connectivity index (χ2v) is 7.50. The third-order valence-electron chi connectivity index (χ3n) is 6.13. The van der Waals surface area contributed by atoms with Gasteiger partial charge in [-0.2, -0.15) is 0 Å². The van der Waals surface area contributed by atoms with Gasteiger partial charge >= 0.3 is 0 Å². The van der Waals surface area contributed by atoms with Gasteiger partial charge in [-0.15, -0.1) is 4.91 Å². The Hall–Kier alpha value is -1.71. The van der Waals surface area contributed by atoms with Gasteiger partial charge in [-0.05, 0) is 73.6 Å². The molecule has 108 valence electrons. The molecule has 4 fully saturated rings. The maximum Gasteiger partial charge on any atom is 0.205 e. The van der Waals surface area contributed by atoms with Gasteiger partial charge in [0.05, 0.1) is 5.69 Å². The van der Waals surface area contributed by atoms with Crippen LogP contribution in [-0.2, 0) is 5.41 Å². The molecule has 6 rings (SSSR count). The van der Waals surface area contributed by atoms with Crippen LogP contribution in [0.5, 0.6) is 0 Å². The van der Waals surface area contributed by atoms with Crippen molar-refractivity contribution in [2.75, 3.05) is 0 Å². The number of aromatic nitrogens is 2. The predicted molar refractivity (Wildman–Crippen MR) is 80.5 cm³/mol. The molecule has 2 aromatic heterocycles. The molecule has 0 unspecified atom stereocenters. The van der Waals surface area contributed by atoms with Crippen molar-refractivity contribution in [2.45, 2.75) is 43.9 Å². The molecule has 0 atom stereocenters. The standard InChI is InChI=1S/C17H19N3O/c21-19-16-15(18-14-3-1-2-4-20(14)16)17-8-11-5-12(9-17)7-13(6-11)10-17/h1-4,11-13H,5-10H2. The molecule has 4 heteroatoms. The fourth-order valence-electron chi connectivity index (χ4n) is 5.83. The fraction of sp³-hybridized carbons (Fsp3) is 0.588. The van der Waals surface area contributed by atoms with E-state index in [-0.39, 0.29) is 5.41 Å². The topological polar surface area (TPSA) is 46.7 Å². The molecule has 2 heterocycles. The molecule has 4 aliphatic rings. The molecule has 0 N–H and O–H groups in total. The highest BCUT2D eigenvalue weighted by molar-refractivity contribution is 5.55. The molecule has 0 amide bonds. The first-order valence-corrected chi connectivity index (χ1v) is 8.08. The van der Waals surface area contributed by atoms with Crippen molar-refractivity contribution in [2.24, 2.45) is 22.9 Å². The van der Waals surface area contributed by atoms with Gasteiger partial charge < -0.3 is 0 Å². The van der Waals surface area contributed by atoms with Crippen molar-refractivity contribution in [1.29, 1.82) is 0 Å². The number of nitrogens with zero attached hydrogens (tertiary/aromatic N) is 3. The Morgan fingerprint density at radius 2 is 1.76 bits per heavy atom. The molecule has 21 heavy (non-hydrogen) atoms. The Labute approximate surface area is 123 Å². The number of hydrogen-bond donors (Lipinski definition) is 0. The van der Waals surface area contributed by atoms with E-state index in [1.807, 2.05) is 28.8 Å². The number of imidazole rings is 1. The molecule has 4 saturated carbocycles. The molecule has 4 nitrogen and oxygen atoms in total. The minimum Gasteiger partial charge on any atom is -0.282 e. The molecule has 0 radical (unpaired) electrons. The van der Waals surface area contributed by atoms with Crippen molar-refractivity contribution >= 4 is 11.5 Å². The van der Waals surface area contributed by atoms with Crippen LogP contribution < -0.4 is 0 Å². The first-order chi connectivity index (χ1) is 10.3. The lowest BCUT2D eigenvalue weighted by atomic mass is 9.49. The summed E-state index contributed by atoms with van der Waals surface area (Å²) >= 11 is 0. The Kier molecular flexibility index (Phi) is 2.23. The summed E-state index contributed by atoms with van der Waals surface area (Å²) in [5.74, 6) is 3.09. The van der Waals surface area contributed by atoms with E-state index in [1.54, 1.807) is 0 Å². The summed E-state index contributed by atoms with van der Waals surface area (Å²) in [4.78, 5) is 16.3. The van der Waals surface area contributed by atoms with Crippen LogP contribution in [0.1, 0.15) is 44.2 Å². The summed E-state index contributed by atoms with van der Waals surface area (Å²) in [6.45, 7) is 0. The lowest BCUT2D eigenvalue weighted by molar-refractivity contribution is -0.00666. The minimum atomic E-state index is 0.129. The number of nitroso groups, excluding NO2 is 1. The average Bonchev–Trinajstić information content (AvgIpc) is 2.85. The van der Waals surface area contributed by atoms with Crippen LogP contribution in [0.25, 0.3) is 5.65 Å². The Balaban J connectivity index is 1.72. The summed E-state index contributed by atoms with van der Waals surface area (Å²) in [6.07, 6.45) is 9.74. The Morgan fingerprint density at radius 1 is 1.10 bits per heavy atom. The van der Waals surface area contributed by atoms with Gasteiger partial charge in [-0.25, -0.2) is 4.98 Å². The molecule has 2 aromatic rings. The van der Waals surface area contributed by atoms with Gasteiger partial charge in [0.25, 0.3) is 0 Å². The lowest BCUT2D eigenvalue weighted by Gasteiger charge is -2.56. The number of fused-ring (bicyclic) bond motifs is 1. The monoisotopic (exact) mass is 281 g/mol. The van der Waals surface area contributed by atoms with Crippen LogP contribution in [-0.4, -0.2) is 9.38 Å². The van der Waals surface area contributed by atoms with E-state index in [0.29, 0.717) is 5.82 Å². The summed E-state index contributed by atoms with van der Waals surface area (Å²) in [5, 5.41) is 3.37. The molecule has 0 aliphatic heterocycles. The highest BCUT2D eigenvalue weighted by atomic mass is 16.3. The van der Waals surface area contributed by atoms with Crippen molar-refractivity contribution in [1.82, 2.24) is 9.38 Å². The van der Waals surface area contributed by atoms with Crippen LogP contribution in [0.3, 0.4) is 0 Å². The van der Waals surface area contributed by atoms with Crippen LogP contribution in [0, 0.1) is 22.7 Å². The summed E-state index contributed by atoms with van der Waals surface area (Å²) < 4.78 is 1.86. The van der Waals surface area contributed by atoms with E-state index in [2.05, 4.69) is 5.18 Å². The zero-order chi connectivity index (χ0) is 14.0. The SMILES string of the molecule is O=Nc1c(C23CC4CC(CC(C4)C2)C3)nc2ccccn12. The Morgan fingerprint density at radius 3 is 2.38 bits per heavy atom. The van der Waals surface area contributed by atoms with E-state index in [9.17, 15) is 4.91 Å². The van der Waals surface area contributed by atoms with Gasteiger partial charge in [-0.3, -0.25) is 4.40 Å². The lowest BCUT2D eigenvalue weighted by Crippen LogP contribution is -2.48. The van der Waals surface area contributed by atoms with E-state index in [1.165, 1.54) is 38.5 Å². The minimum absolute atomic E-state index is 0.129. The highest BCUT2D eigenvalue weighted by Crippen LogP contribution is 2.61. The van der Waals surface area contributed by atoms with Crippen LogP contribution >= 0.6 is 0 Å². The van der Waals surface area contributed by atoms with Crippen molar-refractivity contribution in [3.8, 4) is 0 Å². The average molecular weight is 281 g/mol. The largest absolute Gasteiger partial charge is 0.282 e. The van der Waals surface area contributed by atoms with E-state index < -0.39 is 0 Å². The molecular weight excluding hydrogens is 262 g/mol.